The van der Waals surface area contributed by atoms with Crippen LogP contribution in [0.4, 0.5) is 0 Å². The van der Waals surface area contributed by atoms with Gasteiger partial charge in [-0.05, 0) is 41.5 Å². The van der Waals surface area contributed by atoms with Crippen LogP contribution < -0.4 is 0 Å². The molecule has 0 aromatic rings. The monoisotopic (exact) mass is 894 g/mol. The van der Waals surface area contributed by atoms with E-state index in [-0.39, 0.29) is 0 Å². The summed E-state index contributed by atoms with van der Waals surface area (Å²) in [6.07, 6.45) is -48.5. The molecule has 25 heteroatoms. The second kappa shape index (κ2) is 19.8. The summed E-state index contributed by atoms with van der Waals surface area (Å²) in [6.45, 7) is 8.28. The van der Waals surface area contributed by atoms with E-state index in [1.165, 1.54) is 41.5 Å². The lowest BCUT2D eigenvalue weighted by molar-refractivity contribution is -0.406. The van der Waals surface area contributed by atoms with Crippen molar-refractivity contribution in [3.8, 4) is 0 Å². The molecule has 6 aliphatic heterocycles. The van der Waals surface area contributed by atoms with Crippen LogP contribution in [-0.2, 0) is 52.1 Å². The van der Waals surface area contributed by atoms with E-state index in [9.17, 15) is 71.5 Å². The summed E-state index contributed by atoms with van der Waals surface area (Å²) in [5.41, 5.74) is 0. The molecule has 25 nitrogen and oxygen atoms in total. The smallest absolute Gasteiger partial charge is 0.187 e. The molecular formula is C36H62O25. The average molecular weight is 895 g/mol. The summed E-state index contributed by atoms with van der Waals surface area (Å²) in [7, 11) is 0. The van der Waals surface area contributed by atoms with Crippen LogP contribution in [0.15, 0.2) is 0 Å². The molecule has 0 saturated carbocycles. The van der Waals surface area contributed by atoms with Crippen molar-refractivity contribution >= 4 is 0 Å². The van der Waals surface area contributed by atoms with Crippen LogP contribution in [0.5, 0.6) is 0 Å². The van der Waals surface area contributed by atoms with E-state index in [1.807, 2.05) is 0 Å². The van der Waals surface area contributed by atoms with E-state index >= 15 is 0 Å². The van der Waals surface area contributed by atoms with Crippen molar-refractivity contribution in [3.05, 3.63) is 0 Å². The molecule has 6 heterocycles. The van der Waals surface area contributed by atoms with Crippen LogP contribution in [0.2, 0.25) is 0 Å². The Labute approximate surface area is 349 Å². The van der Waals surface area contributed by atoms with Gasteiger partial charge in [0, 0.05) is 0 Å². The zero-order valence-corrected chi connectivity index (χ0v) is 34.1. The third-order valence-corrected chi connectivity index (χ3v) is 12.2. The predicted molar refractivity (Wildman–Crippen MR) is 191 cm³/mol. The van der Waals surface area contributed by atoms with Gasteiger partial charge in [-0.1, -0.05) is 0 Å². The highest BCUT2D eigenvalue weighted by Gasteiger charge is 2.57. The lowest BCUT2D eigenvalue weighted by Crippen LogP contribution is -2.68. The largest absolute Gasteiger partial charge is 0.388 e. The van der Waals surface area contributed by atoms with Crippen molar-refractivity contribution in [2.24, 2.45) is 0 Å². The Bertz CT molecular complexity index is 1390. The van der Waals surface area contributed by atoms with Crippen molar-refractivity contribution in [2.45, 2.75) is 226 Å². The Morgan fingerprint density at radius 1 is 0.230 bits per heavy atom. The highest BCUT2D eigenvalue weighted by atomic mass is 16.8. The van der Waals surface area contributed by atoms with E-state index in [0.29, 0.717) is 0 Å². The Kier molecular flexibility index (Phi) is 16.1. The van der Waals surface area contributed by atoms with E-state index in [2.05, 4.69) is 0 Å². The molecule has 0 amide bonds. The minimum absolute atomic E-state index is 1.03. The van der Waals surface area contributed by atoms with Crippen LogP contribution in [-0.4, -0.2) is 256 Å². The van der Waals surface area contributed by atoms with Crippen molar-refractivity contribution in [1.29, 1.82) is 0 Å². The number of aliphatic hydroxyl groups is 14. The fourth-order valence-electron chi connectivity index (χ4n) is 8.13. The van der Waals surface area contributed by atoms with Gasteiger partial charge in [0.15, 0.2) is 37.7 Å². The van der Waals surface area contributed by atoms with Gasteiger partial charge in [-0.2, -0.15) is 0 Å². The van der Waals surface area contributed by atoms with Crippen LogP contribution in [0.3, 0.4) is 0 Å². The molecule has 14 N–H and O–H groups in total. The van der Waals surface area contributed by atoms with Crippen molar-refractivity contribution in [3.63, 3.8) is 0 Å². The van der Waals surface area contributed by atoms with Gasteiger partial charge in [0.05, 0.1) is 36.6 Å². The zero-order valence-electron chi connectivity index (χ0n) is 34.1. The second-order valence-corrected chi connectivity index (χ2v) is 16.7. The van der Waals surface area contributed by atoms with Crippen molar-refractivity contribution in [2.75, 3.05) is 0 Å². The molecule has 356 valence electrons. The predicted octanol–water partition coefficient (Wildman–Crippen LogP) is -7.93. The minimum atomic E-state index is -2.00. The third kappa shape index (κ3) is 9.92. The SMILES string of the molecule is C[C@@H]1O[C@@H](O[C@H]2[C@H](O)[C@H](O[C@H]3[C@H](O)[C@H](O[C@@H]4[C@H](O)[C@H](C)O[C@@H](O[C@@H]5[C@H](O)[C@H](C)O[C@@H](O)[C@H]5O)[C@H]4O[C@@H]4O[C@@H](C)[C@@H](O)[C@@H](O)[C@@H]4O)O[C@@H](C)[C@H]3O)O[C@@H](C)[C@H]2O)[C@@H](O)[C@H](O)[C@@H]1O. The Morgan fingerprint density at radius 3 is 0.902 bits per heavy atom. The summed E-state index contributed by atoms with van der Waals surface area (Å²) in [5, 5.41) is 151. The molecule has 0 radical (unpaired) electrons. The molecule has 0 unspecified atom stereocenters. The van der Waals surface area contributed by atoms with Crippen molar-refractivity contribution in [1.82, 2.24) is 0 Å². The van der Waals surface area contributed by atoms with Gasteiger partial charge < -0.3 is 124 Å². The molecule has 6 rings (SSSR count). The first kappa shape index (κ1) is 49.4. The first-order chi connectivity index (χ1) is 28.5. The third-order valence-electron chi connectivity index (χ3n) is 12.2. The molecule has 6 fully saturated rings. The van der Waals surface area contributed by atoms with Gasteiger partial charge in [0.1, 0.15) is 110 Å². The topological polar surface area (TPSA) is 385 Å². The lowest BCUT2D eigenvalue weighted by atomic mass is 9.95. The van der Waals surface area contributed by atoms with E-state index in [4.69, 9.17) is 52.1 Å². The quantitative estimate of drug-likeness (QED) is 0.0968. The fourth-order valence-corrected chi connectivity index (χ4v) is 8.13. The molecule has 6 saturated heterocycles. The Hall–Kier alpha value is -1.00. The summed E-state index contributed by atoms with van der Waals surface area (Å²) >= 11 is 0. The molecule has 0 aromatic heterocycles. The number of rotatable bonds is 10. The number of aliphatic hydroxyl groups excluding tert-OH is 14. The van der Waals surface area contributed by atoms with Gasteiger partial charge in [0.25, 0.3) is 0 Å². The minimum Gasteiger partial charge on any atom is -0.388 e. The maximum atomic E-state index is 11.7. The summed E-state index contributed by atoms with van der Waals surface area (Å²) in [6, 6.07) is 0. The van der Waals surface area contributed by atoms with E-state index in [1.54, 1.807) is 0 Å². The molecule has 6 aliphatic rings. The first-order valence-corrected chi connectivity index (χ1v) is 20.3. The summed E-state index contributed by atoms with van der Waals surface area (Å²) < 4.78 is 63.5. The summed E-state index contributed by atoms with van der Waals surface area (Å²) in [4.78, 5) is 0. The Morgan fingerprint density at radius 2 is 0.492 bits per heavy atom. The van der Waals surface area contributed by atoms with Gasteiger partial charge in [-0.25, -0.2) is 0 Å². The number of hydrogen-bond donors (Lipinski definition) is 14. The van der Waals surface area contributed by atoms with Crippen LogP contribution in [0.25, 0.3) is 0 Å². The molecule has 0 aromatic carbocycles. The molecule has 0 spiro atoms. The molecule has 30 atom stereocenters. The highest BCUT2D eigenvalue weighted by Crippen LogP contribution is 2.37. The highest BCUT2D eigenvalue weighted by molar-refractivity contribution is 4.99. The van der Waals surface area contributed by atoms with E-state index in [0.717, 1.165) is 0 Å². The van der Waals surface area contributed by atoms with E-state index < -0.39 is 184 Å². The lowest BCUT2D eigenvalue weighted by Gasteiger charge is -2.50. The fraction of sp³-hybridized carbons (Fsp3) is 1.00. The van der Waals surface area contributed by atoms with Crippen LogP contribution in [0, 0.1) is 0 Å². The molecule has 0 bridgehead atoms. The van der Waals surface area contributed by atoms with Gasteiger partial charge in [-0.15, -0.1) is 0 Å². The normalized spacial score (nSPS) is 57.4. The Balaban J connectivity index is 1.24. The summed E-state index contributed by atoms with van der Waals surface area (Å²) in [5.74, 6) is 0. The van der Waals surface area contributed by atoms with Crippen molar-refractivity contribution < 1.29 is 124 Å². The van der Waals surface area contributed by atoms with Gasteiger partial charge >= 0.3 is 0 Å². The maximum absolute atomic E-state index is 11.7. The zero-order chi connectivity index (χ0) is 45.1. The molecule has 61 heavy (non-hydrogen) atoms. The number of ether oxygens (including phenoxy) is 11. The average Bonchev–Trinajstić information content (AvgIpc) is 3.21. The maximum Gasteiger partial charge on any atom is 0.187 e. The second-order valence-electron chi connectivity index (χ2n) is 16.7. The van der Waals surface area contributed by atoms with Crippen LogP contribution >= 0.6 is 0 Å². The molecular weight excluding hydrogens is 832 g/mol. The first-order valence-electron chi connectivity index (χ1n) is 20.3. The van der Waals surface area contributed by atoms with Gasteiger partial charge in [0.2, 0.25) is 0 Å². The van der Waals surface area contributed by atoms with Crippen LogP contribution in [0.1, 0.15) is 41.5 Å². The standard InChI is InChI=1S/C36H62O25/c1-7-13(37)19(43)21(45)32(52-7)57-27-16(40)10(4)54-34(24(27)48)58-28-17(41)11(5)55-35(25(28)49)60-29-18(42)12(6)56-36(59-26-15(39)9(3)51-31(50)23(26)47)30(29)61-33-22(46)20(44)14(38)8(2)53-33/h7-50H,1-6H3/t7-,8-,9-,10-,11-,12-,13+,14+,15+,16+,17+,18+,19+,20+,21-,22-,23-,24-,25-,26+,27+,28+,29+,30-,31+,32-,33-,34-,35-,36-/m0/s1. The van der Waals surface area contributed by atoms with Gasteiger partial charge in [-0.3, -0.25) is 0 Å². The number of hydrogen-bond acceptors (Lipinski definition) is 25. The molecule has 0 aliphatic carbocycles.